The average molecular weight is 642 g/mol. The van der Waals surface area contributed by atoms with E-state index >= 15 is 0 Å². The Morgan fingerprint density at radius 1 is 0.286 bits per heavy atom. The van der Waals surface area contributed by atoms with Gasteiger partial charge in [-0.3, -0.25) is 0 Å². The van der Waals surface area contributed by atoms with Crippen LogP contribution in [0.15, 0.2) is 188 Å². The highest BCUT2D eigenvalue weighted by Crippen LogP contribution is 2.33. The first-order chi connectivity index (χ1) is 24.3. The van der Waals surface area contributed by atoms with Crippen molar-refractivity contribution in [1.82, 2.24) is 15.0 Å². The molecule has 0 N–H and O–H groups in total. The summed E-state index contributed by atoms with van der Waals surface area (Å²) in [7, 11) is -2.49. The Bertz CT molecular complexity index is 2310. The lowest BCUT2D eigenvalue weighted by Gasteiger charge is -2.31. The fourth-order valence-corrected chi connectivity index (χ4v) is 12.5. The Kier molecular flexibility index (Phi) is 7.14. The monoisotopic (exact) mass is 641 g/mol. The minimum absolute atomic E-state index is 0.656. The average Bonchev–Trinajstić information content (AvgIpc) is 3.49. The van der Waals surface area contributed by atoms with Gasteiger partial charge in [0.05, 0.1) is 0 Å². The van der Waals surface area contributed by atoms with Crippen LogP contribution in [0.4, 0.5) is 0 Å². The fourth-order valence-electron chi connectivity index (χ4n) is 7.38. The molecule has 230 valence electrons. The SMILES string of the molecule is c1ccc(-c2nc(-c3ccccc3)nc(-c3ccc(-c4ccc5c(c4)-c4ccccc4[Si]5(c4ccccc4)c4ccccc4)cc3)n2)cc1. The van der Waals surface area contributed by atoms with Gasteiger partial charge in [-0.05, 0) is 49.1 Å². The third kappa shape index (κ3) is 4.93. The Balaban J connectivity index is 1.15. The summed E-state index contributed by atoms with van der Waals surface area (Å²) in [6.07, 6.45) is 0. The molecule has 2 heterocycles. The highest BCUT2D eigenvalue weighted by Gasteiger charge is 2.48. The van der Waals surface area contributed by atoms with Gasteiger partial charge in [-0.2, -0.15) is 0 Å². The molecule has 9 rings (SSSR count). The lowest BCUT2D eigenvalue weighted by Crippen LogP contribution is -2.72. The second-order valence-electron chi connectivity index (χ2n) is 12.4. The topological polar surface area (TPSA) is 38.7 Å². The van der Waals surface area contributed by atoms with Gasteiger partial charge in [-0.25, -0.2) is 15.0 Å². The van der Waals surface area contributed by atoms with Crippen LogP contribution in [0, 0.1) is 0 Å². The Labute approximate surface area is 287 Å². The first-order valence-corrected chi connectivity index (χ1v) is 18.6. The van der Waals surface area contributed by atoms with E-state index in [1.807, 2.05) is 60.7 Å². The van der Waals surface area contributed by atoms with E-state index in [0.717, 1.165) is 22.3 Å². The van der Waals surface area contributed by atoms with E-state index in [1.54, 1.807) is 0 Å². The summed E-state index contributed by atoms with van der Waals surface area (Å²) < 4.78 is 0. The van der Waals surface area contributed by atoms with Gasteiger partial charge in [-0.15, -0.1) is 0 Å². The second kappa shape index (κ2) is 12.1. The predicted molar refractivity (Wildman–Crippen MR) is 204 cm³/mol. The molecule has 0 aliphatic carbocycles. The molecule has 0 unspecified atom stereocenters. The van der Waals surface area contributed by atoms with Crippen molar-refractivity contribution in [2.75, 3.05) is 0 Å². The van der Waals surface area contributed by atoms with Gasteiger partial charge in [0.2, 0.25) is 0 Å². The number of benzene rings is 7. The van der Waals surface area contributed by atoms with Crippen LogP contribution in [0.3, 0.4) is 0 Å². The zero-order valence-electron chi connectivity index (χ0n) is 26.7. The smallest absolute Gasteiger partial charge is 0.180 e. The van der Waals surface area contributed by atoms with E-state index < -0.39 is 8.07 Å². The molecular weight excluding hydrogens is 611 g/mol. The van der Waals surface area contributed by atoms with Crippen LogP contribution < -0.4 is 20.7 Å². The van der Waals surface area contributed by atoms with Crippen molar-refractivity contribution in [2.45, 2.75) is 0 Å². The summed E-state index contributed by atoms with van der Waals surface area (Å²) in [5.74, 6) is 1.98. The molecule has 0 atom stereocenters. The number of aromatic nitrogens is 3. The summed E-state index contributed by atoms with van der Waals surface area (Å²) in [6, 6.07) is 67.2. The van der Waals surface area contributed by atoms with E-state index in [9.17, 15) is 0 Å². The van der Waals surface area contributed by atoms with Crippen LogP contribution in [0.1, 0.15) is 0 Å². The maximum absolute atomic E-state index is 4.93. The highest BCUT2D eigenvalue weighted by molar-refractivity contribution is 7.22. The zero-order chi connectivity index (χ0) is 32.6. The Morgan fingerprint density at radius 3 is 1.20 bits per heavy atom. The van der Waals surface area contributed by atoms with Crippen LogP contribution in [0.2, 0.25) is 0 Å². The van der Waals surface area contributed by atoms with E-state index in [-0.39, 0.29) is 0 Å². The van der Waals surface area contributed by atoms with E-state index in [0.29, 0.717) is 17.5 Å². The standard InChI is InChI=1S/C45H31N3Si/c1-5-15-33(16-6-1)43-46-44(34-17-7-2-8-18-34)48-45(47-43)35-27-25-32(26-28-35)36-29-30-42-40(31-36)39-23-13-14-24-41(39)49(42,37-19-9-3-10-20-37)38-21-11-4-12-22-38/h1-31H. The molecule has 1 aliphatic heterocycles. The molecule has 8 aromatic rings. The molecule has 0 saturated heterocycles. The molecule has 0 fully saturated rings. The largest absolute Gasteiger partial charge is 0.208 e. The van der Waals surface area contributed by atoms with E-state index in [4.69, 9.17) is 15.0 Å². The fraction of sp³-hybridized carbons (Fsp3) is 0. The first kappa shape index (κ1) is 28.9. The lowest BCUT2D eigenvalue weighted by atomic mass is 9.98. The van der Waals surface area contributed by atoms with Gasteiger partial charge >= 0.3 is 0 Å². The molecule has 1 aliphatic rings. The molecule has 1 aromatic heterocycles. The van der Waals surface area contributed by atoms with Gasteiger partial charge in [0.1, 0.15) is 0 Å². The molecule has 0 radical (unpaired) electrons. The van der Waals surface area contributed by atoms with Crippen LogP contribution in [0.5, 0.6) is 0 Å². The van der Waals surface area contributed by atoms with E-state index in [2.05, 4.69) is 127 Å². The molecule has 0 saturated carbocycles. The van der Waals surface area contributed by atoms with Crippen molar-refractivity contribution < 1.29 is 0 Å². The number of rotatable bonds is 6. The molecular formula is C45H31N3Si. The van der Waals surface area contributed by atoms with Gasteiger partial charge in [0, 0.05) is 16.7 Å². The maximum Gasteiger partial charge on any atom is 0.180 e. The summed E-state index contributed by atoms with van der Waals surface area (Å²) in [5, 5.41) is 5.71. The molecule has 49 heavy (non-hydrogen) atoms. The van der Waals surface area contributed by atoms with Crippen molar-refractivity contribution in [3.8, 4) is 56.4 Å². The minimum Gasteiger partial charge on any atom is -0.208 e. The van der Waals surface area contributed by atoms with Crippen LogP contribution in [0.25, 0.3) is 56.4 Å². The maximum atomic E-state index is 4.93. The van der Waals surface area contributed by atoms with Gasteiger partial charge in [0.25, 0.3) is 0 Å². The van der Waals surface area contributed by atoms with Gasteiger partial charge in [0.15, 0.2) is 25.5 Å². The molecule has 0 amide bonds. The first-order valence-electron chi connectivity index (χ1n) is 16.6. The van der Waals surface area contributed by atoms with Crippen LogP contribution >= 0.6 is 0 Å². The highest BCUT2D eigenvalue weighted by atomic mass is 28.3. The van der Waals surface area contributed by atoms with Crippen LogP contribution in [-0.2, 0) is 0 Å². The van der Waals surface area contributed by atoms with Crippen LogP contribution in [-0.4, -0.2) is 23.0 Å². The number of nitrogens with zero attached hydrogens (tertiary/aromatic N) is 3. The van der Waals surface area contributed by atoms with Crippen molar-refractivity contribution in [3.05, 3.63) is 188 Å². The van der Waals surface area contributed by atoms with Gasteiger partial charge < -0.3 is 0 Å². The third-order valence-electron chi connectivity index (χ3n) is 9.63. The predicted octanol–water partition coefficient (Wildman–Crippen LogP) is 7.90. The van der Waals surface area contributed by atoms with Crippen molar-refractivity contribution in [2.24, 2.45) is 0 Å². The summed E-state index contributed by atoms with van der Waals surface area (Å²) >= 11 is 0. The summed E-state index contributed by atoms with van der Waals surface area (Å²) in [5.41, 5.74) is 7.89. The zero-order valence-corrected chi connectivity index (χ0v) is 27.7. The molecule has 0 spiro atoms. The van der Waals surface area contributed by atoms with Gasteiger partial charge in [-0.1, -0.05) is 182 Å². The Morgan fingerprint density at radius 2 is 0.673 bits per heavy atom. The normalized spacial score (nSPS) is 12.7. The third-order valence-corrected chi connectivity index (χ3v) is 14.5. The van der Waals surface area contributed by atoms with Crippen molar-refractivity contribution in [3.63, 3.8) is 0 Å². The molecule has 3 nitrogen and oxygen atoms in total. The van der Waals surface area contributed by atoms with Crippen molar-refractivity contribution in [1.29, 1.82) is 0 Å². The van der Waals surface area contributed by atoms with E-state index in [1.165, 1.54) is 37.4 Å². The lowest BCUT2D eigenvalue weighted by molar-refractivity contribution is 1.07. The number of hydrogen-bond acceptors (Lipinski definition) is 3. The minimum atomic E-state index is -2.49. The quantitative estimate of drug-likeness (QED) is 0.173. The van der Waals surface area contributed by atoms with Crippen molar-refractivity contribution >= 4 is 28.8 Å². The number of hydrogen-bond donors (Lipinski definition) is 0. The summed E-state index contributed by atoms with van der Waals surface area (Å²) in [4.78, 5) is 14.7. The second-order valence-corrected chi connectivity index (χ2v) is 16.1. The molecule has 4 heteroatoms. The molecule has 0 bridgehead atoms. The Hall–Kier alpha value is -6.23. The number of fused-ring (bicyclic) bond motifs is 3. The summed E-state index contributed by atoms with van der Waals surface area (Å²) in [6.45, 7) is 0. The molecule has 7 aromatic carbocycles.